The fourth-order valence-electron chi connectivity index (χ4n) is 1.56. The van der Waals surface area contributed by atoms with Crippen molar-refractivity contribution in [3.05, 3.63) is 29.8 Å². The molecule has 1 amide bonds. The lowest BCUT2D eigenvalue weighted by Gasteiger charge is -2.11. The summed E-state index contributed by atoms with van der Waals surface area (Å²) in [5.41, 5.74) is 0.350. The van der Waals surface area contributed by atoms with Crippen molar-refractivity contribution >= 4 is 15.9 Å². The Hall–Kier alpha value is -1.40. The molecule has 21 heavy (non-hydrogen) atoms. The van der Waals surface area contributed by atoms with Gasteiger partial charge >= 0.3 is 0 Å². The molecule has 0 atom stereocenters. The van der Waals surface area contributed by atoms with Crippen molar-refractivity contribution in [3.63, 3.8) is 0 Å². The summed E-state index contributed by atoms with van der Waals surface area (Å²) in [5.74, 6) is 0.301. The molecule has 0 spiro atoms. The van der Waals surface area contributed by atoms with Crippen molar-refractivity contribution in [2.24, 2.45) is 11.8 Å². The van der Waals surface area contributed by atoms with Gasteiger partial charge in [0.25, 0.3) is 5.91 Å². The molecule has 0 aliphatic carbocycles. The highest BCUT2D eigenvalue weighted by atomic mass is 32.2. The molecule has 0 unspecified atom stereocenters. The van der Waals surface area contributed by atoms with E-state index in [-0.39, 0.29) is 16.7 Å². The molecule has 0 saturated heterocycles. The van der Waals surface area contributed by atoms with Crippen LogP contribution in [0.5, 0.6) is 0 Å². The van der Waals surface area contributed by atoms with Gasteiger partial charge in [-0.3, -0.25) is 4.79 Å². The van der Waals surface area contributed by atoms with Gasteiger partial charge < -0.3 is 5.32 Å². The summed E-state index contributed by atoms with van der Waals surface area (Å²) >= 11 is 0. The molecule has 118 valence electrons. The predicted octanol–water partition coefficient (Wildman–Crippen LogP) is 2.01. The van der Waals surface area contributed by atoms with E-state index in [0.717, 1.165) is 0 Å². The van der Waals surface area contributed by atoms with E-state index in [0.29, 0.717) is 24.6 Å². The highest BCUT2D eigenvalue weighted by molar-refractivity contribution is 7.89. The zero-order valence-corrected chi connectivity index (χ0v) is 13.8. The van der Waals surface area contributed by atoms with E-state index >= 15 is 0 Å². The number of carbonyl (C=O) groups excluding carboxylic acids is 1. The number of sulfonamides is 1. The number of benzene rings is 1. The Bertz CT molecular complexity index is 580. The molecule has 0 radical (unpaired) electrons. The van der Waals surface area contributed by atoms with Gasteiger partial charge in [-0.2, -0.15) is 0 Å². The van der Waals surface area contributed by atoms with Gasteiger partial charge in [0, 0.05) is 18.7 Å². The van der Waals surface area contributed by atoms with Gasteiger partial charge in [0.05, 0.1) is 4.90 Å². The molecular weight excluding hydrogens is 288 g/mol. The summed E-state index contributed by atoms with van der Waals surface area (Å²) in [5, 5.41) is 2.77. The van der Waals surface area contributed by atoms with Crippen molar-refractivity contribution in [2.45, 2.75) is 32.6 Å². The average molecular weight is 312 g/mol. The van der Waals surface area contributed by atoms with E-state index in [2.05, 4.69) is 10.0 Å². The van der Waals surface area contributed by atoms with Crippen LogP contribution in [0.2, 0.25) is 0 Å². The van der Waals surface area contributed by atoms with Crippen LogP contribution >= 0.6 is 0 Å². The van der Waals surface area contributed by atoms with Crippen LogP contribution in [-0.2, 0) is 10.0 Å². The normalized spacial score (nSPS) is 11.9. The van der Waals surface area contributed by atoms with Crippen molar-refractivity contribution < 1.29 is 13.2 Å². The van der Waals surface area contributed by atoms with Crippen LogP contribution in [-0.4, -0.2) is 27.4 Å². The first-order valence-corrected chi connectivity index (χ1v) is 8.58. The highest BCUT2D eigenvalue weighted by Crippen LogP contribution is 2.12. The van der Waals surface area contributed by atoms with Crippen LogP contribution < -0.4 is 10.0 Å². The van der Waals surface area contributed by atoms with Crippen molar-refractivity contribution in [3.8, 4) is 0 Å². The van der Waals surface area contributed by atoms with Crippen molar-refractivity contribution in [1.29, 1.82) is 0 Å². The van der Waals surface area contributed by atoms with Gasteiger partial charge in [0.15, 0.2) is 0 Å². The summed E-state index contributed by atoms with van der Waals surface area (Å²) < 4.78 is 26.8. The number of hydrogen-bond acceptors (Lipinski definition) is 3. The van der Waals surface area contributed by atoms with Crippen LogP contribution in [0.25, 0.3) is 0 Å². The molecule has 5 nitrogen and oxygen atoms in total. The Kier molecular flexibility index (Phi) is 6.36. The van der Waals surface area contributed by atoms with Gasteiger partial charge in [-0.1, -0.05) is 33.8 Å². The molecule has 1 rings (SSSR count). The molecule has 0 fully saturated rings. The van der Waals surface area contributed by atoms with Gasteiger partial charge in [-0.25, -0.2) is 13.1 Å². The van der Waals surface area contributed by atoms with E-state index < -0.39 is 10.0 Å². The van der Waals surface area contributed by atoms with Crippen molar-refractivity contribution in [2.75, 3.05) is 13.1 Å². The minimum atomic E-state index is -3.57. The number of rotatable bonds is 7. The maximum absolute atomic E-state index is 12.1. The summed E-state index contributed by atoms with van der Waals surface area (Å²) in [6, 6.07) is 6.07. The lowest BCUT2D eigenvalue weighted by atomic mass is 10.2. The first-order valence-electron chi connectivity index (χ1n) is 7.10. The third-order valence-electron chi connectivity index (χ3n) is 2.76. The molecule has 0 bridgehead atoms. The molecule has 6 heteroatoms. The zero-order valence-electron chi connectivity index (χ0n) is 13.0. The second-order valence-electron chi connectivity index (χ2n) is 5.88. The Balaban J connectivity index is 2.87. The van der Waals surface area contributed by atoms with Crippen molar-refractivity contribution in [1.82, 2.24) is 10.0 Å². The number of hydrogen-bond donors (Lipinski definition) is 2. The topological polar surface area (TPSA) is 75.3 Å². The van der Waals surface area contributed by atoms with Gasteiger partial charge in [-0.15, -0.1) is 0 Å². The molecule has 0 heterocycles. The Morgan fingerprint density at radius 2 is 1.71 bits per heavy atom. The average Bonchev–Trinajstić information content (AvgIpc) is 2.43. The third-order valence-corrected chi connectivity index (χ3v) is 4.18. The minimum absolute atomic E-state index is 0.111. The summed E-state index contributed by atoms with van der Waals surface area (Å²) in [6.07, 6.45) is 0. The van der Waals surface area contributed by atoms with E-state index in [1.54, 1.807) is 12.1 Å². The SMILES string of the molecule is CC(C)CNC(=O)c1cccc(S(=O)(=O)NCC(C)C)c1. The largest absolute Gasteiger partial charge is 0.352 e. The minimum Gasteiger partial charge on any atom is -0.352 e. The van der Waals surface area contributed by atoms with E-state index in [1.807, 2.05) is 27.7 Å². The molecule has 0 aliphatic rings. The second-order valence-corrected chi connectivity index (χ2v) is 7.64. The molecule has 0 aromatic heterocycles. The number of nitrogens with one attached hydrogen (secondary N) is 2. The lowest BCUT2D eigenvalue weighted by Crippen LogP contribution is -2.29. The first kappa shape index (κ1) is 17.7. The smallest absolute Gasteiger partial charge is 0.251 e. The maximum Gasteiger partial charge on any atom is 0.251 e. The van der Waals surface area contributed by atoms with E-state index in [1.165, 1.54) is 12.1 Å². The Labute approximate surface area is 127 Å². The molecule has 0 aliphatic heterocycles. The summed E-state index contributed by atoms with van der Waals surface area (Å²) in [7, 11) is -3.57. The van der Waals surface area contributed by atoms with Gasteiger partial charge in [0.1, 0.15) is 0 Å². The van der Waals surface area contributed by atoms with Gasteiger partial charge in [0.2, 0.25) is 10.0 Å². The molecule has 0 saturated carbocycles. The lowest BCUT2D eigenvalue weighted by molar-refractivity contribution is 0.0949. The summed E-state index contributed by atoms with van der Waals surface area (Å²) in [6.45, 7) is 8.78. The Morgan fingerprint density at radius 1 is 1.10 bits per heavy atom. The fourth-order valence-corrected chi connectivity index (χ4v) is 2.82. The second kappa shape index (κ2) is 7.56. The molecule has 1 aromatic carbocycles. The van der Waals surface area contributed by atoms with E-state index in [9.17, 15) is 13.2 Å². The predicted molar refractivity (Wildman–Crippen MR) is 83.6 cm³/mol. The number of amides is 1. The maximum atomic E-state index is 12.1. The fraction of sp³-hybridized carbons (Fsp3) is 0.533. The summed E-state index contributed by atoms with van der Waals surface area (Å²) in [4.78, 5) is 12.1. The van der Waals surface area contributed by atoms with E-state index in [4.69, 9.17) is 0 Å². The van der Waals surface area contributed by atoms with Crippen LogP contribution in [0.4, 0.5) is 0 Å². The highest BCUT2D eigenvalue weighted by Gasteiger charge is 2.16. The van der Waals surface area contributed by atoms with Gasteiger partial charge in [-0.05, 0) is 30.0 Å². The molecule has 1 aromatic rings. The molecule has 2 N–H and O–H groups in total. The first-order chi connectivity index (χ1) is 9.72. The third kappa shape index (κ3) is 5.85. The van der Waals surface area contributed by atoms with Crippen LogP contribution in [0.15, 0.2) is 29.2 Å². The molecular formula is C15H24N2O3S. The Morgan fingerprint density at radius 3 is 2.29 bits per heavy atom. The standard InChI is InChI=1S/C15H24N2O3S/c1-11(2)9-16-15(18)13-6-5-7-14(8-13)21(19,20)17-10-12(3)4/h5-8,11-12,17H,9-10H2,1-4H3,(H,16,18). The van der Waals surface area contributed by atoms with Crippen LogP contribution in [0.3, 0.4) is 0 Å². The zero-order chi connectivity index (χ0) is 16.0. The quantitative estimate of drug-likeness (QED) is 0.808. The van der Waals surface area contributed by atoms with Crippen LogP contribution in [0, 0.1) is 11.8 Å². The number of carbonyl (C=O) groups is 1. The monoisotopic (exact) mass is 312 g/mol. The van der Waals surface area contributed by atoms with Crippen LogP contribution in [0.1, 0.15) is 38.1 Å².